The van der Waals surface area contributed by atoms with Gasteiger partial charge in [-0.05, 0) is 12.5 Å². The highest BCUT2D eigenvalue weighted by molar-refractivity contribution is 5.89. The van der Waals surface area contributed by atoms with Gasteiger partial charge in [0, 0.05) is 12.3 Å². The lowest BCUT2D eigenvalue weighted by Crippen LogP contribution is -2.34. The number of ether oxygens (including phenoxy) is 1. The molecule has 0 radical (unpaired) electrons. The van der Waals surface area contributed by atoms with Crippen LogP contribution < -0.4 is 10.9 Å². The minimum atomic E-state index is -0.981. The summed E-state index contributed by atoms with van der Waals surface area (Å²) in [5, 5.41) is 13.7. The number of nitrogens with zero attached hydrogens (tertiary/aromatic N) is 2. The normalized spacial score (nSPS) is 11.5. The fourth-order valence-corrected chi connectivity index (χ4v) is 2.36. The van der Waals surface area contributed by atoms with Crippen molar-refractivity contribution in [1.82, 2.24) is 9.88 Å². The molecule has 1 heterocycles. The summed E-state index contributed by atoms with van der Waals surface area (Å²) in [4.78, 5) is 46.1. The van der Waals surface area contributed by atoms with Crippen molar-refractivity contribution in [3.63, 3.8) is 0 Å². The zero-order valence-electron chi connectivity index (χ0n) is 14.2. The van der Waals surface area contributed by atoms with Crippen molar-refractivity contribution in [3.05, 3.63) is 74.2 Å². The molecule has 9 heteroatoms. The van der Waals surface area contributed by atoms with Crippen LogP contribution in [0.25, 0.3) is 0 Å². The predicted octanol–water partition coefficient (Wildman–Crippen LogP) is 1.42. The molecule has 0 saturated heterocycles. The first-order valence-electron chi connectivity index (χ1n) is 7.65. The number of rotatable bonds is 6. The van der Waals surface area contributed by atoms with Crippen LogP contribution in [0.15, 0.2) is 47.4 Å². The van der Waals surface area contributed by atoms with E-state index in [0.29, 0.717) is 0 Å². The fourth-order valence-electron chi connectivity index (χ4n) is 2.36. The summed E-state index contributed by atoms with van der Waals surface area (Å²) in [7, 11) is 1.11. The molecule has 1 aromatic carbocycles. The number of benzene rings is 1. The minimum Gasteiger partial charge on any atom is -0.465 e. The number of nitro groups is 1. The van der Waals surface area contributed by atoms with E-state index in [1.807, 2.05) is 30.3 Å². The quantitative estimate of drug-likeness (QED) is 0.473. The Morgan fingerprint density at radius 1 is 1.31 bits per heavy atom. The molecule has 1 amide bonds. The van der Waals surface area contributed by atoms with E-state index in [9.17, 15) is 24.5 Å². The maximum Gasteiger partial charge on any atom is 0.339 e. The van der Waals surface area contributed by atoms with Crippen LogP contribution in [0.5, 0.6) is 0 Å². The molecular formula is C17H17N3O6. The highest BCUT2D eigenvalue weighted by Crippen LogP contribution is 2.12. The number of hydrogen-bond donors (Lipinski definition) is 1. The Hall–Kier alpha value is -3.49. The van der Waals surface area contributed by atoms with Crippen molar-refractivity contribution >= 4 is 17.6 Å². The summed E-state index contributed by atoms with van der Waals surface area (Å²) < 4.78 is 5.33. The molecule has 136 valence electrons. The summed E-state index contributed by atoms with van der Waals surface area (Å²) in [6, 6.07) is 9.67. The number of esters is 1. The van der Waals surface area contributed by atoms with Crippen LogP contribution in [0, 0.1) is 10.1 Å². The molecule has 2 rings (SSSR count). The SMILES string of the molecule is COC(=O)c1cc([N+](=O)[O-])c(=O)n(CC(=O)NC(C)c2ccccc2)c1. The zero-order chi connectivity index (χ0) is 19.3. The minimum absolute atomic E-state index is 0.192. The zero-order valence-corrected chi connectivity index (χ0v) is 14.2. The van der Waals surface area contributed by atoms with Crippen molar-refractivity contribution < 1.29 is 19.2 Å². The van der Waals surface area contributed by atoms with Gasteiger partial charge in [0.1, 0.15) is 6.54 Å². The molecule has 0 bridgehead atoms. The Kier molecular flexibility index (Phi) is 5.84. The topological polar surface area (TPSA) is 121 Å². The standard InChI is InChI=1S/C17H17N3O6/c1-11(12-6-4-3-5-7-12)18-15(21)10-19-9-13(17(23)26-2)8-14(16(19)22)20(24)25/h3-9,11H,10H2,1-2H3,(H,18,21). The molecule has 0 fully saturated rings. The van der Waals surface area contributed by atoms with E-state index >= 15 is 0 Å². The third-order valence-electron chi connectivity index (χ3n) is 3.68. The molecule has 0 spiro atoms. The lowest BCUT2D eigenvalue weighted by Gasteiger charge is -2.15. The van der Waals surface area contributed by atoms with Gasteiger partial charge in [-0.15, -0.1) is 0 Å². The van der Waals surface area contributed by atoms with Gasteiger partial charge in [-0.2, -0.15) is 0 Å². The van der Waals surface area contributed by atoms with Crippen LogP contribution in [0.2, 0.25) is 0 Å². The highest BCUT2D eigenvalue weighted by Gasteiger charge is 2.21. The largest absolute Gasteiger partial charge is 0.465 e. The first-order valence-corrected chi connectivity index (χ1v) is 7.65. The van der Waals surface area contributed by atoms with E-state index in [-0.39, 0.29) is 11.6 Å². The lowest BCUT2D eigenvalue weighted by molar-refractivity contribution is -0.386. The van der Waals surface area contributed by atoms with Crippen LogP contribution in [0.3, 0.4) is 0 Å². The van der Waals surface area contributed by atoms with Gasteiger partial charge in [0.25, 0.3) is 0 Å². The summed E-state index contributed by atoms with van der Waals surface area (Å²) in [5.74, 6) is -1.38. The third kappa shape index (κ3) is 4.32. The van der Waals surface area contributed by atoms with E-state index in [0.717, 1.165) is 29.5 Å². The Morgan fingerprint density at radius 2 is 1.96 bits per heavy atom. The van der Waals surface area contributed by atoms with Crippen molar-refractivity contribution in [2.24, 2.45) is 0 Å². The Labute approximate surface area is 148 Å². The molecule has 9 nitrogen and oxygen atoms in total. The van der Waals surface area contributed by atoms with Gasteiger partial charge in [0.15, 0.2) is 0 Å². The fraction of sp³-hybridized carbons (Fsp3) is 0.235. The average Bonchev–Trinajstić information content (AvgIpc) is 2.63. The molecule has 2 aromatic rings. The number of amides is 1. The second kappa shape index (κ2) is 8.06. The number of hydrogen-bond acceptors (Lipinski definition) is 6. The Bertz CT molecular complexity index is 891. The van der Waals surface area contributed by atoms with Gasteiger partial charge in [-0.1, -0.05) is 30.3 Å². The number of aromatic nitrogens is 1. The maximum atomic E-state index is 12.2. The number of carbonyl (C=O) groups is 2. The van der Waals surface area contributed by atoms with E-state index < -0.39 is 34.6 Å². The van der Waals surface area contributed by atoms with Crippen molar-refractivity contribution in [1.29, 1.82) is 0 Å². The first-order chi connectivity index (χ1) is 12.3. The molecule has 1 unspecified atom stereocenters. The molecule has 0 saturated carbocycles. The summed E-state index contributed by atoms with van der Waals surface area (Å²) >= 11 is 0. The van der Waals surface area contributed by atoms with Crippen LogP contribution in [-0.4, -0.2) is 28.5 Å². The summed E-state index contributed by atoms with van der Waals surface area (Å²) in [6.07, 6.45) is 1.06. The number of pyridine rings is 1. The van der Waals surface area contributed by atoms with E-state index in [1.54, 1.807) is 6.92 Å². The van der Waals surface area contributed by atoms with E-state index in [2.05, 4.69) is 10.1 Å². The Morgan fingerprint density at radius 3 is 2.54 bits per heavy atom. The summed E-state index contributed by atoms with van der Waals surface area (Å²) in [5.41, 5.74) is -1.12. The monoisotopic (exact) mass is 359 g/mol. The third-order valence-corrected chi connectivity index (χ3v) is 3.68. The second-order valence-electron chi connectivity index (χ2n) is 5.50. The number of methoxy groups -OCH3 is 1. The maximum absolute atomic E-state index is 12.2. The molecule has 1 atom stereocenters. The number of carbonyl (C=O) groups excluding carboxylic acids is 2. The molecule has 1 N–H and O–H groups in total. The van der Waals surface area contributed by atoms with Crippen LogP contribution in [-0.2, 0) is 16.1 Å². The summed E-state index contributed by atoms with van der Waals surface area (Å²) in [6.45, 7) is 1.30. The highest BCUT2D eigenvalue weighted by atomic mass is 16.6. The van der Waals surface area contributed by atoms with Crippen molar-refractivity contribution in [2.45, 2.75) is 19.5 Å². The molecule has 1 aromatic heterocycles. The van der Waals surface area contributed by atoms with Gasteiger partial charge in [-0.3, -0.25) is 24.3 Å². The van der Waals surface area contributed by atoms with E-state index in [4.69, 9.17) is 0 Å². The molecule has 0 aliphatic heterocycles. The molecule has 0 aliphatic rings. The smallest absolute Gasteiger partial charge is 0.339 e. The average molecular weight is 359 g/mol. The van der Waals surface area contributed by atoms with Crippen LogP contribution >= 0.6 is 0 Å². The second-order valence-corrected chi connectivity index (χ2v) is 5.50. The van der Waals surface area contributed by atoms with Crippen molar-refractivity contribution in [2.75, 3.05) is 7.11 Å². The van der Waals surface area contributed by atoms with Gasteiger partial charge in [0.05, 0.1) is 23.6 Å². The van der Waals surface area contributed by atoms with Gasteiger partial charge >= 0.3 is 17.2 Å². The molecule has 26 heavy (non-hydrogen) atoms. The van der Waals surface area contributed by atoms with Gasteiger partial charge in [-0.25, -0.2) is 4.79 Å². The van der Waals surface area contributed by atoms with Gasteiger partial charge in [0.2, 0.25) is 5.91 Å². The lowest BCUT2D eigenvalue weighted by atomic mass is 10.1. The Balaban J connectivity index is 2.26. The van der Waals surface area contributed by atoms with Gasteiger partial charge < -0.3 is 10.1 Å². The molecule has 0 aliphatic carbocycles. The van der Waals surface area contributed by atoms with E-state index in [1.165, 1.54) is 0 Å². The predicted molar refractivity (Wildman–Crippen MR) is 91.7 cm³/mol. The number of nitrogens with one attached hydrogen (secondary N) is 1. The molecular weight excluding hydrogens is 342 g/mol. The first kappa shape index (κ1) is 18.8. The van der Waals surface area contributed by atoms with Crippen LogP contribution in [0.1, 0.15) is 28.9 Å². The van der Waals surface area contributed by atoms with Crippen molar-refractivity contribution in [3.8, 4) is 0 Å². The van der Waals surface area contributed by atoms with Crippen LogP contribution in [0.4, 0.5) is 5.69 Å².